The van der Waals surface area contributed by atoms with Crippen LogP contribution in [0.1, 0.15) is 91.4 Å². The zero-order valence-corrected chi connectivity index (χ0v) is 44.2. The summed E-state index contributed by atoms with van der Waals surface area (Å²) < 4.78 is 22.2. The number of esters is 2. The van der Waals surface area contributed by atoms with Crippen molar-refractivity contribution in [2.75, 3.05) is 14.2 Å². The highest BCUT2D eigenvalue weighted by molar-refractivity contribution is 7.16. The molecule has 1 amide bonds. The van der Waals surface area contributed by atoms with Gasteiger partial charge in [-0.05, 0) is 94.9 Å². The average Bonchev–Trinajstić information content (AvgIpc) is 3.95. The Hall–Kier alpha value is -5.85. The van der Waals surface area contributed by atoms with Crippen molar-refractivity contribution < 1.29 is 42.6 Å². The molecule has 15 heteroatoms. The van der Waals surface area contributed by atoms with Crippen molar-refractivity contribution in [3.05, 3.63) is 152 Å². The molecule has 67 heavy (non-hydrogen) atoms. The number of rotatable bonds is 13. The van der Waals surface area contributed by atoms with Crippen molar-refractivity contribution in [3.63, 3.8) is 0 Å². The second-order valence-corrected chi connectivity index (χ2v) is 30.2. The van der Waals surface area contributed by atoms with E-state index in [0.29, 0.717) is 38.8 Å². The molecule has 6 rings (SSSR count). The monoisotopic (exact) mass is 980 g/mol. The van der Waals surface area contributed by atoms with Crippen molar-refractivity contribution in [2.24, 2.45) is 5.73 Å². The van der Waals surface area contributed by atoms with Gasteiger partial charge in [0.1, 0.15) is 26.1 Å². The van der Waals surface area contributed by atoms with E-state index in [0.717, 1.165) is 56.4 Å². The number of aromatic carboxylic acids is 1. The van der Waals surface area contributed by atoms with E-state index in [1.165, 1.54) is 20.3 Å². The normalized spacial score (nSPS) is 11.5. The first kappa shape index (κ1) is 53.8. The van der Waals surface area contributed by atoms with Crippen LogP contribution in [0.2, 0.25) is 36.3 Å². The standard InChI is InChI=1S/C26H31NO4SSi.C13H23NOSi.C13H10O4S/c1-26(2,3)33(5,6)31-20-14-10-11-18(15-20)17-27-24(28)22-16-21(19-12-8-7-9-13-19)23(32-22)25(29)30-4;1-13(2,3)16(4,5)15-12-8-6-7-11(9-12)10-14;1-17-13(16)11-9(7-10(18-11)12(14)15)8-5-3-2-4-6-8/h7-16H,17H2,1-6H3,(H,27,28);6-9H,10,14H2,1-5H3;2-7H,1H3,(H,14,15). The van der Waals surface area contributed by atoms with Crippen LogP contribution in [-0.2, 0) is 22.6 Å². The quantitative estimate of drug-likeness (QED) is 0.0750. The molecule has 0 saturated carbocycles. The highest BCUT2D eigenvalue weighted by Crippen LogP contribution is 2.39. The smallest absolute Gasteiger partial charge is 0.348 e. The number of carboxylic acid groups (broad SMARTS) is 1. The van der Waals surface area contributed by atoms with Gasteiger partial charge in [-0.25, -0.2) is 14.4 Å². The number of carboxylic acids is 1. The first-order valence-corrected chi connectivity index (χ1v) is 29.2. The van der Waals surface area contributed by atoms with Crippen molar-refractivity contribution in [1.82, 2.24) is 5.32 Å². The molecule has 6 aromatic rings. The van der Waals surface area contributed by atoms with Crippen LogP contribution in [0, 0.1) is 0 Å². The van der Waals surface area contributed by atoms with Gasteiger partial charge < -0.3 is 34.5 Å². The molecule has 4 N–H and O–H groups in total. The number of carbonyl (C=O) groups is 4. The lowest BCUT2D eigenvalue weighted by atomic mass is 10.1. The number of benzene rings is 4. The lowest BCUT2D eigenvalue weighted by Gasteiger charge is -2.36. The zero-order chi connectivity index (χ0) is 49.7. The van der Waals surface area contributed by atoms with Crippen LogP contribution in [0.4, 0.5) is 0 Å². The second kappa shape index (κ2) is 23.2. The van der Waals surface area contributed by atoms with Crippen LogP contribution in [0.15, 0.2) is 121 Å². The number of nitrogens with one attached hydrogen (secondary N) is 1. The SMILES string of the molecule is CC(C)(C)[Si](C)(C)Oc1cccc(CN)c1.COC(=O)c1sc(C(=O)NCc2cccc(O[Si](C)(C)C(C)(C)C)c2)cc1-c1ccccc1.COC(=O)c1sc(C(=O)O)cc1-c1ccccc1. The van der Waals surface area contributed by atoms with Crippen molar-refractivity contribution in [2.45, 2.75) is 90.9 Å². The molecule has 11 nitrogen and oxygen atoms in total. The number of ether oxygens (including phenoxy) is 2. The Morgan fingerprint density at radius 2 is 0.985 bits per heavy atom. The topological polar surface area (TPSA) is 163 Å². The predicted molar refractivity (Wildman–Crippen MR) is 277 cm³/mol. The van der Waals surface area contributed by atoms with Gasteiger partial charge in [-0.2, -0.15) is 0 Å². The summed E-state index contributed by atoms with van der Waals surface area (Å²) in [4.78, 5) is 49.1. The van der Waals surface area contributed by atoms with Crippen molar-refractivity contribution in [1.29, 1.82) is 0 Å². The highest BCUT2D eigenvalue weighted by atomic mass is 32.1. The molecule has 0 spiro atoms. The lowest BCUT2D eigenvalue weighted by molar-refractivity contribution is 0.0598. The summed E-state index contributed by atoms with van der Waals surface area (Å²) in [6.07, 6.45) is 0. The third kappa shape index (κ3) is 14.8. The number of amides is 1. The number of carbonyl (C=O) groups excluding carboxylic acids is 3. The van der Waals surface area contributed by atoms with Gasteiger partial charge in [0.2, 0.25) is 16.6 Å². The first-order chi connectivity index (χ1) is 31.4. The molecule has 0 radical (unpaired) electrons. The molecule has 2 heterocycles. The van der Waals surface area contributed by atoms with Crippen LogP contribution in [0.5, 0.6) is 11.5 Å². The fourth-order valence-corrected chi connectivity index (χ4v) is 9.77. The Morgan fingerprint density at radius 3 is 1.39 bits per heavy atom. The van der Waals surface area contributed by atoms with Gasteiger partial charge in [0.15, 0.2) is 0 Å². The van der Waals surface area contributed by atoms with Gasteiger partial charge in [-0.1, -0.05) is 126 Å². The van der Waals surface area contributed by atoms with Gasteiger partial charge in [-0.15, -0.1) is 22.7 Å². The average molecular weight is 981 g/mol. The summed E-state index contributed by atoms with van der Waals surface area (Å²) in [5.74, 6) is -0.478. The van der Waals surface area contributed by atoms with Crippen LogP contribution in [-0.4, -0.2) is 59.8 Å². The van der Waals surface area contributed by atoms with Crippen molar-refractivity contribution in [3.8, 4) is 33.8 Å². The predicted octanol–water partition coefficient (Wildman–Crippen LogP) is 12.9. The molecule has 356 valence electrons. The number of methoxy groups -OCH3 is 2. The summed E-state index contributed by atoms with van der Waals surface area (Å²) in [6.45, 7) is 23.2. The maximum Gasteiger partial charge on any atom is 0.348 e. The Bertz CT molecular complexity index is 2610. The fourth-order valence-electron chi connectivity index (χ4n) is 5.77. The second-order valence-electron chi connectivity index (χ2n) is 18.6. The van der Waals surface area contributed by atoms with Gasteiger partial charge in [0.25, 0.3) is 5.91 Å². The van der Waals surface area contributed by atoms with Crippen LogP contribution in [0.3, 0.4) is 0 Å². The Labute approximate surface area is 405 Å². The lowest BCUT2D eigenvalue weighted by Crippen LogP contribution is -2.43. The van der Waals surface area contributed by atoms with E-state index in [9.17, 15) is 19.2 Å². The number of thiophene rings is 2. The Kier molecular flexibility index (Phi) is 18.7. The fraction of sp³-hybridized carbons (Fsp3) is 0.308. The summed E-state index contributed by atoms with van der Waals surface area (Å²) in [5.41, 5.74) is 10.6. The van der Waals surface area contributed by atoms with E-state index >= 15 is 0 Å². The summed E-state index contributed by atoms with van der Waals surface area (Å²) in [7, 11) is -1.05. The largest absolute Gasteiger partial charge is 0.543 e. The third-order valence-corrected chi connectivity index (χ3v) is 22.6. The molecule has 0 bridgehead atoms. The molecule has 2 aromatic heterocycles. The number of hydrogen-bond donors (Lipinski definition) is 3. The Morgan fingerprint density at radius 1 is 0.582 bits per heavy atom. The summed E-state index contributed by atoms with van der Waals surface area (Å²) in [5, 5.41) is 12.3. The number of nitrogens with two attached hydrogens (primary N) is 1. The van der Waals surface area contributed by atoms with E-state index in [1.807, 2.05) is 109 Å². The molecule has 0 aliphatic rings. The van der Waals surface area contributed by atoms with E-state index in [4.69, 9.17) is 24.4 Å². The van der Waals surface area contributed by atoms with Crippen LogP contribution < -0.4 is 19.9 Å². The molecule has 0 unspecified atom stereocenters. The maximum absolute atomic E-state index is 12.9. The van der Waals surface area contributed by atoms with Gasteiger partial charge in [-0.3, -0.25) is 4.79 Å². The molecular formula is C52H64N2O9S2Si2. The third-order valence-electron chi connectivity index (χ3n) is 11.7. The van der Waals surface area contributed by atoms with E-state index < -0.39 is 34.5 Å². The van der Waals surface area contributed by atoms with Crippen LogP contribution in [0.25, 0.3) is 22.3 Å². The molecule has 0 fully saturated rings. The van der Waals surface area contributed by atoms with Crippen LogP contribution >= 0.6 is 22.7 Å². The maximum atomic E-state index is 12.9. The van der Waals surface area contributed by atoms with Gasteiger partial charge >= 0.3 is 17.9 Å². The van der Waals surface area contributed by atoms with Gasteiger partial charge in [0, 0.05) is 24.2 Å². The van der Waals surface area contributed by atoms with Gasteiger partial charge in [0.05, 0.1) is 19.1 Å². The molecule has 0 saturated heterocycles. The first-order valence-electron chi connectivity index (χ1n) is 21.7. The number of hydrogen-bond acceptors (Lipinski definition) is 11. The minimum Gasteiger partial charge on any atom is -0.543 e. The summed E-state index contributed by atoms with van der Waals surface area (Å²) >= 11 is 2.06. The molecule has 4 aromatic carbocycles. The van der Waals surface area contributed by atoms with E-state index in [1.54, 1.807) is 6.07 Å². The minimum atomic E-state index is -1.95. The zero-order valence-electron chi connectivity index (χ0n) is 40.6. The highest BCUT2D eigenvalue weighted by Gasteiger charge is 2.40. The molecule has 0 aliphatic carbocycles. The minimum absolute atomic E-state index is 0.101. The van der Waals surface area contributed by atoms with Crippen molar-refractivity contribution >= 4 is 63.1 Å². The Balaban J connectivity index is 0.000000242. The summed E-state index contributed by atoms with van der Waals surface area (Å²) in [6, 6.07) is 37.8. The molecule has 0 atom stereocenters. The van der Waals surface area contributed by atoms with E-state index in [-0.39, 0.29) is 20.9 Å². The molecule has 0 aliphatic heterocycles. The van der Waals surface area contributed by atoms with E-state index in [2.05, 4.69) is 77.8 Å². The molecular weight excluding hydrogens is 917 g/mol.